The Bertz CT molecular complexity index is 409. The van der Waals surface area contributed by atoms with Crippen molar-refractivity contribution < 1.29 is 4.79 Å². The predicted molar refractivity (Wildman–Crippen MR) is 66.1 cm³/mol. The number of hydrogen-bond donors (Lipinski definition) is 2. The van der Waals surface area contributed by atoms with Crippen molar-refractivity contribution in [3.05, 3.63) is 35.4 Å². The fraction of sp³-hybridized carbons (Fsp3) is 0.385. The number of nitrogens with zero attached hydrogens (tertiary/aromatic N) is 1. The fourth-order valence-electron chi connectivity index (χ4n) is 1.46. The normalized spacial score (nSPS) is 9.65. The van der Waals surface area contributed by atoms with Crippen LogP contribution in [0.2, 0.25) is 0 Å². The maximum Gasteiger partial charge on any atom is 0.234 e. The number of nitriles is 1. The number of aryl methyl sites for hydroxylation is 1. The summed E-state index contributed by atoms with van der Waals surface area (Å²) >= 11 is 0. The van der Waals surface area contributed by atoms with Crippen LogP contribution in [-0.2, 0) is 11.3 Å². The lowest BCUT2D eigenvalue weighted by atomic mass is 10.1. The quantitative estimate of drug-likeness (QED) is 0.721. The first-order chi connectivity index (χ1) is 8.22. The standard InChI is InChI=1S/C13H17N3O/c1-11-4-2-5-12(8-11)9-15-10-13(17)16-7-3-6-14/h2,4-5,8,15H,3,7,9-10H2,1H3,(H,16,17). The van der Waals surface area contributed by atoms with Crippen molar-refractivity contribution in [2.45, 2.75) is 19.9 Å². The van der Waals surface area contributed by atoms with Crippen molar-refractivity contribution in [2.75, 3.05) is 13.1 Å². The average Bonchev–Trinajstić information content (AvgIpc) is 2.29. The third-order valence-electron chi connectivity index (χ3n) is 2.26. The summed E-state index contributed by atoms with van der Waals surface area (Å²) in [5.41, 5.74) is 2.37. The van der Waals surface area contributed by atoms with Gasteiger partial charge < -0.3 is 10.6 Å². The number of amides is 1. The van der Waals surface area contributed by atoms with E-state index in [4.69, 9.17) is 5.26 Å². The van der Waals surface area contributed by atoms with Gasteiger partial charge in [0, 0.05) is 13.1 Å². The second-order valence-electron chi connectivity index (χ2n) is 3.85. The summed E-state index contributed by atoms with van der Waals surface area (Å²) in [5.74, 6) is -0.0760. The lowest BCUT2D eigenvalue weighted by Gasteiger charge is -2.06. The molecule has 17 heavy (non-hydrogen) atoms. The van der Waals surface area contributed by atoms with E-state index in [2.05, 4.69) is 16.7 Å². The second kappa shape index (κ2) is 7.42. The van der Waals surface area contributed by atoms with E-state index >= 15 is 0 Å². The van der Waals surface area contributed by atoms with Gasteiger partial charge in [-0.15, -0.1) is 0 Å². The minimum absolute atomic E-state index is 0.0760. The third-order valence-corrected chi connectivity index (χ3v) is 2.26. The number of rotatable bonds is 6. The maximum absolute atomic E-state index is 11.3. The molecular formula is C13H17N3O. The Morgan fingerprint density at radius 3 is 3.00 bits per heavy atom. The van der Waals surface area contributed by atoms with Gasteiger partial charge in [0.15, 0.2) is 0 Å². The molecule has 0 atom stereocenters. The molecule has 0 aliphatic heterocycles. The lowest BCUT2D eigenvalue weighted by Crippen LogP contribution is -2.34. The topological polar surface area (TPSA) is 64.9 Å². The molecule has 0 aliphatic rings. The van der Waals surface area contributed by atoms with Gasteiger partial charge in [0.2, 0.25) is 5.91 Å². The fourth-order valence-corrected chi connectivity index (χ4v) is 1.46. The highest BCUT2D eigenvalue weighted by molar-refractivity contribution is 5.77. The smallest absolute Gasteiger partial charge is 0.234 e. The first kappa shape index (κ1) is 13.2. The van der Waals surface area contributed by atoms with Crippen LogP contribution in [0.15, 0.2) is 24.3 Å². The summed E-state index contributed by atoms with van der Waals surface area (Å²) in [6, 6.07) is 10.1. The van der Waals surface area contributed by atoms with Crippen molar-refractivity contribution in [3.63, 3.8) is 0 Å². The van der Waals surface area contributed by atoms with Crippen molar-refractivity contribution in [1.29, 1.82) is 5.26 Å². The highest BCUT2D eigenvalue weighted by Gasteiger charge is 1.99. The van der Waals surface area contributed by atoms with Gasteiger partial charge >= 0.3 is 0 Å². The van der Waals surface area contributed by atoms with Crippen LogP contribution in [0.1, 0.15) is 17.5 Å². The third kappa shape index (κ3) is 5.69. The van der Waals surface area contributed by atoms with Gasteiger partial charge in [0.05, 0.1) is 19.0 Å². The molecule has 0 radical (unpaired) electrons. The molecular weight excluding hydrogens is 214 g/mol. The Hall–Kier alpha value is -1.86. The molecule has 1 amide bonds. The molecule has 2 N–H and O–H groups in total. The number of nitrogens with one attached hydrogen (secondary N) is 2. The van der Waals surface area contributed by atoms with Gasteiger partial charge in [-0.05, 0) is 12.5 Å². The van der Waals surface area contributed by atoms with E-state index in [9.17, 15) is 4.79 Å². The number of hydrogen-bond acceptors (Lipinski definition) is 3. The van der Waals surface area contributed by atoms with Gasteiger partial charge in [-0.3, -0.25) is 4.79 Å². The Balaban J connectivity index is 2.19. The van der Waals surface area contributed by atoms with Gasteiger partial charge in [-0.2, -0.15) is 5.26 Å². The molecule has 1 aromatic carbocycles. The van der Waals surface area contributed by atoms with Crippen molar-refractivity contribution in [1.82, 2.24) is 10.6 Å². The van der Waals surface area contributed by atoms with Gasteiger partial charge in [0.1, 0.15) is 0 Å². The molecule has 0 unspecified atom stereocenters. The molecule has 90 valence electrons. The molecule has 0 fully saturated rings. The molecule has 4 nitrogen and oxygen atoms in total. The monoisotopic (exact) mass is 231 g/mol. The number of carbonyl (C=O) groups is 1. The largest absolute Gasteiger partial charge is 0.354 e. The van der Waals surface area contributed by atoms with E-state index in [1.54, 1.807) is 0 Å². The van der Waals surface area contributed by atoms with Crippen molar-refractivity contribution in [2.24, 2.45) is 0 Å². The maximum atomic E-state index is 11.3. The average molecular weight is 231 g/mol. The highest BCUT2D eigenvalue weighted by Crippen LogP contribution is 2.02. The van der Waals surface area contributed by atoms with Crippen LogP contribution in [0, 0.1) is 18.3 Å². The first-order valence-electron chi connectivity index (χ1n) is 5.62. The molecule has 0 saturated carbocycles. The molecule has 0 saturated heterocycles. The Morgan fingerprint density at radius 2 is 2.29 bits per heavy atom. The van der Waals surface area contributed by atoms with Crippen LogP contribution < -0.4 is 10.6 Å². The molecule has 0 aliphatic carbocycles. The zero-order chi connectivity index (χ0) is 12.5. The van der Waals surface area contributed by atoms with Crippen LogP contribution >= 0.6 is 0 Å². The minimum Gasteiger partial charge on any atom is -0.354 e. The van der Waals surface area contributed by atoms with Gasteiger partial charge in [-0.25, -0.2) is 0 Å². The summed E-state index contributed by atoms with van der Waals surface area (Å²) in [6.45, 7) is 3.41. The molecule has 0 spiro atoms. The summed E-state index contributed by atoms with van der Waals surface area (Å²) in [7, 11) is 0. The molecule has 0 heterocycles. The molecule has 4 heteroatoms. The van der Waals surface area contributed by atoms with E-state index in [-0.39, 0.29) is 12.5 Å². The molecule has 0 bridgehead atoms. The summed E-state index contributed by atoms with van der Waals surface area (Å²) in [6.07, 6.45) is 0.351. The van der Waals surface area contributed by atoms with Crippen molar-refractivity contribution in [3.8, 4) is 6.07 Å². The molecule has 0 aromatic heterocycles. The SMILES string of the molecule is Cc1cccc(CNCC(=O)NCCC#N)c1. The van der Waals surface area contributed by atoms with Gasteiger partial charge in [0.25, 0.3) is 0 Å². The number of benzene rings is 1. The Morgan fingerprint density at radius 1 is 1.47 bits per heavy atom. The summed E-state index contributed by atoms with van der Waals surface area (Å²) < 4.78 is 0. The summed E-state index contributed by atoms with van der Waals surface area (Å²) in [4.78, 5) is 11.3. The number of carbonyl (C=O) groups excluding carboxylic acids is 1. The molecule has 1 rings (SSSR count). The minimum atomic E-state index is -0.0760. The summed E-state index contributed by atoms with van der Waals surface area (Å²) in [5, 5.41) is 14.0. The molecule has 1 aromatic rings. The Labute approximate surface area is 102 Å². The second-order valence-corrected chi connectivity index (χ2v) is 3.85. The Kier molecular flexibility index (Phi) is 5.76. The van der Waals surface area contributed by atoms with E-state index in [0.29, 0.717) is 19.5 Å². The van der Waals surface area contributed by atoms with Crippen LogP contribution in [0.4, 0.5) is 0 Å². The highest BCUT2D eigenvalue weighted by atomic mass is 16.1. The van der Waals surface area contributed by atoms with E-state index < -0.39 is 0 Å². The van der Waals surface area contributed by atoms with Crippen molar-refractivity contribution >= 4 is 5.91 Å². The zero-order valence-corrected chi connectivity index (χ0v) is 9.99. The van der Waals surface area contributed by atoms with E-state index in [0.717, 1.165) is 5.56 Å². The van der Waals surface area contributed by atoms with E-state index in [1.807, 2.05) is 31.2 Å². The van der Waals surface area contributed by atoms with Crippen LogP contribution in [-0.4, -0.2) is 19.0 Å². The lowest BCUT2D eigenvalue weighted by molar-refractivity contribution is -0.120. The first-order valence-corrected chi connectivity index (χ1v) is 5.62. The predicted octanol–water partition coefficient (Wildman–Crippen LogP) is 1.11. The van der Waals surface area contributed by atoms with Crippen LogP contribution in [0.5, 0.6) is 0 Å². The van der Waals surface area contributed by atoms with E-state index in [1.165, 1.54) is 5.56 Å². The van der Waals surface area contributed by atoms with Gasteiger partial charge in [-0.1, -0.05) is 29.8 Å². The zero-order valence-electron chi connectivity index (χ0n) is 9.99. The van der Waals surface area contributed by atoms with Crippen LogP contribution in [0.25, 0.3) is 0 Å². The van der Waals surface area contributed by atoms with Crippen LogP contribution in [0.3, 0.4) is 0 Å².